The third-order valence-electron chi connectivity index (χ3n) is 4.47. The van der Waals surface area contributed by atoms with E-state index < -0.39 is 42.4 Å². The molecule has 2 rings (SSSR count). The highest BCUT2D eigenvalue weighted by atomic mass is 32.2. The zero-order valence-electron chi connectivity index (χ0n) is 16.4. The SMILES string of the molecule is NC(CCC(=O)NC(CSc1c(O)c(O)cc2c1NCC2)C(=O)NCC(=O)O)C(=O)O. The zero-order valence-corrected chi connectivity index (χ0v) is 17.2. The van der Waals surface area contributed by atoms with E-state index in [0.29, 0.717) is 23.5 Å². The van der Waals surface area contributed by atoms with E-state index in [1.165, 1.54) is 6.07 Å². The molecule has 2 amide bonds. The van der Waals surface area contributed by atoms with Gasteiger partial charge in [0.2, 0.25) is 11.8 Å². The Hall–Kier alpha value is -3.19. The average Bonchev–Trinajstić information content (AvgIpc) is 3.17. The van der Waals surface area contributed by atoms with Crippen molar-refractivity contribution in [3.8, 4) is 11.5 Å². The number of benzene rings is 1. The summed E-state index contributed by atoms with van der Waals surface area (Å²) in [4.78, 5) is 46.4. The quantitative estimate of drug-likeness (QED) is 0.115. The van der Waals surface area contributed by atoms with Crippen molar-refractivity contribution in [2.75, 3.05) is 24.2 Å². The monoisotopic (exact) mass is 456 g/mol. The van der Waals surface area contributed by atoms with Gasteiger partial charge in [0.1, 0.15) is 18.6 Å². The molecule has 1 aromatic carbocycles. The van der Waals surface area contributed by atoms with Gasteiger partial charge in [-0.05, 0) is 24.5 Å². The summed E-state index contributed by atoms with van der Waals surface area (Å²) in [5.41, 5.74) is 6.77. The lowest BCUT2D eigenvalue weighted by Gasteiger charge is -2.19. The summed E-state index contributed by atoms with van der Waals surface area (Å²) in [6.07, 6.45) is 0.234. The minimum Gasteiger partial charge on any atom is -0.504 e. The summed E-state index contributed by atoms with van der Waals surface area (Å²) in [6, 6.07) is -0.979. The molecule has 0 aromatic heterocycles. The molecule has 1 aliphatic heterocycles. The summed E-state index contributed by atoms with van der Waals surface area (Å²) in [7, 11) is 0. The van der Waals surface area contributed by atoms with Crippen LogP contribution >= 0.6 is 11.8 Å². The predicted molar refractivity (Wildman–Crippen MR) is 110 cm³/mol. The van der Waals surface area contributed by atoms with Crippen LogP contribution in [0.5, 0.6) is 11.5 Å². The molecule has 1 aliphatic rings. The van der Waals surface area contributed by atoms with Gasteiger partial charge in [-0.3, -0.25) is 19.2 Å². The van der Waals surface area contributed by atoms with Crippen molar-refractivity contribution < 1.29 is 39.6 Å². The molecular weight excluding hydrogens is 432 g/mol. The zero-order chi connectivity index (χ0) is 23.1. The van der Waals surface area contributed by atoms with Gasteiger partial charge < -0.3 is 42.1 Å². The molecule has 170 valence electrons. The maximum atomic E-state index is 12.4. The average molecular weight is 456 g/mol. The Bertz CT molecular complexity index is 879. The third-order valence-corrected chi connectivity index (χ3v) is 5.66. The molecule has 1 aromatic rings. The van der Waals surface area contributed by atoms with Gasteiger partial charge in [0.25, 0.3) is 0 Å². The molecule has 12 nitrogen and oxygen atoms in total. The van der Waals surface area contributed by atoms with Crippen LogP contribution in [0.1, 0.15) is 18.4 Å². The van der Waals surface area contributed by atoms with E-state index >= 15 is 0 Å². The number of phenolic OH excluding ortho intramolecular Hbond substituents is 2. The van der Waals surface area contributed by atoms with E-state index in [2.05, 4.69) is 16.0 Å². The molecule has 0 fully saturated rings. The Balaban J connectivity index is 2.10. The lowest BCUT2D eigenvalue weighted by molar-refractivity contribution is -0.139. The fraction of sp³-hybridized carbons (Fsp3) is 0.444. The number of carboxylic acid groups (broad SMARTS) is 2. The van der Waals surface area contributed by atoms with Gasteiger partial charge in [-0.15, -0.1) is 11.8 Å². The maximum absolute atomic E-state index is 12.4. The second-order valence-corrected chi connectivity index (χ2v) is 7.84. The van der Waals surface area contributed by atoms with Crippen LogP contribution in [-0.4, -0.2) is 75.1 Å². The standard InChI is InChI=1S/C18H24N4O8S/c19-9(18(29)30)1-2-12(24)22-10(17(28)21-6-13(25)26)7-31-16-14-8(3-4-20-14)5-11(23)15(16)27/h5,9-10,20,23,27H,1-4,6-7,19H2,(H,21,28)(H,22,24)(H,25,26)(H,29,30). The number of nitrogens with one attached hydrogen (secondary N) is 3. The first-order valence-corrected chi connectivity index (χ1v) is 10.3. The first-order chi connectivity index (χ1) is 14.6. The molecule has 0 spiro atoms. The molecule has 0 aliphatic carbocycles. The Morgan fingerprint density at radius 3 is 2.58 bits per heavy atom. The number of fused-ring (bicyclic) bond motifs is 1. The first-order valence-electron chi connectivity index (χ1n) is 9.31. The number of hydrogen-bond donors (Lipinski definition) is 8. The topological polar surface area (TPSA) is 211 Å². The summed E-state index contributed by atoms with van der Waals surface area (Å²) in [5, 5.41) is 45.4. The minimum atomic E-state index is -1.27. The Labute approximate surface area is 181 Å². The Kier molecular flexibility index (Phi) is 8.33. The van der Waals surface area contributed by atoms with Crippen LogP contribution in [0.3, 0.4) is 0 Å². The number of rotatable bonds is 11. The Morgan fingerprint density at radius 1 is 1.23 bits per heavy atom. The number of nitrogens with two attached hydrogens (primary N) is 1. The maximum Gasteiger partial charge on any atom is 0.322 e. The number of carboxylic acids is 2. The van der Waals surface area contributed by atoms with Gasteiger partial charge >= 0.3 is 11.9 Å². The van der Waals surface area contributed by atoms with E-state index in [1.807, 2.05) is 0 Å². The molecule has 0 radical (unpaired) electrons. The molecule has 1 heterocycles. The number of hydrogen-bond acceptors (Lipinski definition) is 9. The van der Waals surface area contributed by atoms with E-state index in [1.54, 1.807) is 0 Å². The van der Waals surface area contributed by atoms with Crippen molar-refractivity contribution >= 4 is 41.2 Å². The van der Waals surface area contributed by atoms with Gasteiger partial charge in [-0.1, -0.05) is 0 Å². The Morgan fingerprint density at radius 2 is 1.94 bits per heavy atom. The molecule has 0 saturated heterocycles. The number of carbonyl (C=O) groups is 4. The summed E-state index contributed by atoms with van der Waals surface area (Å²) >= 11 is 0.994. The van der Waals surface area contributed by atoms with Crippen molar-refractivity contribution in [1.82, 2.24) is 10.6 Å². The number of amides is 2. The molecule has 2 atom stereocenters. The largest absolute Gasteiger partial charge is 0.504 e. The molecule has 0 saturated carbocycles. The summed E-state index contributed by atoms with van der Waals surface area (Å²) in [6.45, 7) is -0.0526. The van der Waals surface area contributed by atoms with Crippen molar-refractivity contribution in [2.24, 2.45) is 5.73 Å². The van der Waals surface area contributed by atoms with Gasteiger partial charge in [0.05, 0.1) is 10.6 Å². The van der Waals surface area contributed by atoms with Crippen LogP contribution in [0, 0.1) is 0 Å². The highest BCUT2D eigenvalue weighted by molar-refractivity contribution is 7.99. The normalized spacial score (nSPS) is 14.1. The molecule has 13 heteroatoms. The number of carbonyl (C=O) groups excluding carboxylic acids is 2. The summed E-state index contributed by atoms with van der Waals surface area (Å²) in [5.74, 6) is -4.73. The van der Waals surface area contributed by atoms with Crippen LogP contribution in [0.2, 0.25) is 0 Å². The fourth-order valence-corrected chi connectivity index (χ4v) is 4.01. The molecule has 0 bridgehead atoms. The smallest absolute Gasteiger partial charge is 0.322 e. The number of aliphatic carboxylic acids is 2. The lowest BCUT2D eigenvalue weighted by atomic mass is 10.1. The van der Waals surface area contributed by atoms with Gasteiger partial charge in [-0.2, -0.15) is 0 Å². The molecular formula is C18H24N4O8S. The lowest BCUT2D eigenvalue weighted by Crippen LogP contribution is -2.49. The molecule has 2 unspecified atom stereocenters. The van der Waals surface area contributed by atoms with Crippen LogP contribution < -0.4 is 21.7 Å². The third kappa shape index (κ3) is 6.65. The van der Waals surface area contributed by atoms with E-state index in [9.17, 15) is 29.4 Å². The van der Waals surface area contributed by atoms with E-state index in [0.717, 1.165) is 17.3 Å². The fourth-order valence-electron chi connectivity index (χ4n) is 2.85. The molecule has 31 heavy (non-hydrogen) atoms. The van der Waals surface area contributed by atoms with E-state index in [-0.39, 0.29) is 30.1 Å². The predicted octanol–water partition coefficient (Wildman–Crippen LogP) is -0.964. The van der Waals surface area contributed by atoms with E-state index in [4.69, 9.17) is 15.9 Å². The summed E-state index contributed by atoms with van der Waals surface area (Å²) < 4.78 is 0. The minimum absolute atomic E-state index is 0.0900. The second-order valence-electron chi connectivity index (χ2n) is 6.81. The highest BCUT2D eigenvalue weighted by Crippen LogP contribution is 2.45. The number of anilines is 1. The van der Waals surface area contributed by atoms with Crippen molar-refractivity contribution in [3.63, 3.8) is 0 Å². The van der Waals surface area contributed by atoms with Gasteiger partial charge in [-0.25, -0.2) is 0 Å². The number of thioether (sulfide) groups is 1. The number of phenols is 2. The van der Waals surface area contributed by atoms with Crippen molar-refractivity contribution in [1.29, 1.82) is 0 Å². The van der Waals surface area contributed by atoms with Crippen LogP contribution in [0.15, 0.2) is 11.0 Å². The van der Waals surface area contributed by atoms with Crippen LogP contribution in [0.4, 0.5) is 5.69 Å². The van der Waals surface area contributed by atoms with Crippen LogP contribution in [-0.2, 0) is 25.6 Å². The second kappa shape index (κ2) is 10.7. The van der Waals surface area contributed by atoms with Crippen molar-refractivity contribution in [2.45, 2.75) is 36.2 Å². The highest BCUT2D eigenvalue weighted by Gasteiger charge is 2.26. The number of aromatic hydroxyl groups is 2. The molecule has 9 N–H and O–H groups in total. The van der Waals surface area contributed by atoms with Gasteiger partial charge in [0, 0.05) is 18.7 Å². The van der Waals surface area contributed by atoms with Crippen molar-refractivity contribution in [3.05, 3.63) is 11.6 Å². The first kappa shape index (κ1) is 24.1. The van der Waals surface area contributed by atoms with Gasteiger partial charge in [0.15, 0.2) is 11.5 Å². The van der Waals surface area contributed by atoms with Crippen LogP contribution in [0.25, 0.3) is 0 Å².